The Morgan fingerprint density at radius 2 is 2.00 bits per heavy atom. The van der Waals surface area contributed by atoms with Gasteiger partial charge in [-0.3, -0.25) is 0 Å². The zero-order valence-corrected chi connectivity index (χ0v) is 10.8. The maximum atomic E-state index is 11.8. The summed E-state index contributed by atoms with van der Waals surface area (Å²) in [6.45, 7) is 8.10. The molecule has 0 atom stereocenters. The van der Waals surface area contributed by atoms with Gasteiger partial charge in [-0.15, -0.1) is 0 Å². The molecule has 2 nitrogen and oxygen atoms in total. The first-order chi connectivity index (χ1) is 7.52. The third-order valence-electron chi connectivity index (χ3n) is 3.22. The molecule has 0 N–H and O–H groups in total. The van der Waals surface area contributed by atoms with Gasteiger partial charge >= 0.3 is 5.97 Å². The highest BCUT2D eigenvalue weighted by molar-refractivity contribution is 5.89. The third-order valence-corrected chi connectivity index (χ3v) is 3.22. The highest BCUT2D eigenvalue weighted by atomic mass is 16.5. The molecule has 0 aromatic rings. The summed E-state index contributed by atoms with van der Waals surface area (Å²) >= 11 is 0. The van der Waals surface area contributed by atoms with Crippen LogP contribution in [0.2, 0.25) is 0 Å². The first kappa shape index (κ1) is 13.0. The molecule has 1 rings (SSSR count). The maximum Gasteiger partial charge on any atom is 0.338 e. The Morgan fingerprint density at radius 1 is 1.31 bits per heavy atom. The Bertz CT molecular complexity index is 322. The van der Waals surface area contributed by atoms with Crippen molar-refractivity contribution in [2.24, 2.45) is 5.92 Å². The second-order valence-corrected chi connectivity index (χ2v) is 4.76. The fourth-order valence-corrected chi connectivity index (χ4v) is 1.72. The van der Waals surface area contributed by atoms with Gasteiger partial charge in [-0.25, -0.2) is 4.79 Å². The van der Waals surface area contributed by atoms with Crippen molar-refractivity contribution in [1.29, 1.82) is 0 Å². The second kappa shape index (κ2) is 5.88. The van der Waals surface area contributed by atoms with Gasteiger partial charge < -0.3 is 4.74 Å². The quantitative estimate of drug-likeness (QED) is 0.533. The van der Waals surface area contributed by atoms with Gasteiger partial charge in [0.05, 0.1) is 0 Å². The highest BCUT2D eigenvalue weighted by Gasteiger charge is 2.15. The van der Waals surface area contributed by atoms with Crippen molar-refractivity contribution in [2.75, 3.05) is 0 Å². The zero-order chi connectivity index (χ0) is 12.1. The van der Waals surface area contributed by atoms with E-state index in [1.807, 2.05) is 19.9 Å². The van der Waals surface area contributed by atoms with Gasteiger partial charge in [-0.2, -0.15) is 0 Å². The van der Waals surface area contributed by atoms with Crippen LogP contribution in [0.15, 0.2) is 23.0 Å². The number of allylic oxidation sites excluding steroid dienone is 3. The third kappa shape index (κ3) is 3.51. The average molecular weight is 222 g/mol. The first-order valence-electron chi connectivity index (χ1n) is 6.11. The molecular formula is C14H22O2. The number of hydrogen-bond donors (Lipinski definition) is 0. The van der Waals surface area contributed by atoms with E-state index >= 15 is 0 Å². The summed E-state index contributed by atoms with van der Waals surface area (Å²) in [6.07, 6.45) is 6.19. The van der Waals surface area contributed by atoms with E-state index in [-0.39, 0.29) is 5.97 Å². The predicted octanol–water partition coefficient (Wildman–Crippen LogP) is 3.98. The van der Waals surface area contributed by atoms with Crippen LogP contribution in [0.1, 0.15) is 53.4 Å². The van der Waals surface area contributed by atoms with Crippen molar-refractivity contribution in [1.82, 2.24) is 0 Å². The van der Waals surface area contributed by atoms with E-state index < -0.39 is 0 Å². The summed E-state index contributed by atoms with van der Waals surface area (Å²) in [4.78, 5) is 11.8. The molecule has 16 heavy (non-hydrogen) atoms. The molecule has 1 aliphatic rings. The molecule has 0 saturated carbocycles. The Morgan fingerprint density at radius 3 is 2.50 bits per heavy atom. The van der Waals surface area contributed by atoms with Crippen LogP contribution < -0.4 is 0 Å². The standard InChI is InChI=1S/C14H22O2/c1-10(2)11(3)12(4)16-14(15)13-8-6-5-7-9-13/h8,10H,5-7,9H2,1-4H3. The van der Waals surface area contributed by atoms with Gasteiger partial charge in [0.2, 0.25) is 0 Å². The Balaban J connectivity index is 2.64. The van der Waals surface area contributed by atoms with Gasteiger partial charge in [-0.1, -0.05) is 19.9 Å². The molecular weight excluding hydrogens is 200 g/mol. The van der Waals surface area contributed by atoms with E-state index in [0.717, 1.165) is 36.2 Å². The van der Waals surface area contributed by atoms with Gasteiger partial charge in [0.15, 0.2) is 0 Å². The van der Waals surface area contributed by atoms with Crippen molar-refractivity contribution in [3.63, 3.8) is 0 Å². The van der Waals surface area contributed by atoms with E-state index in [0.29, 0.717) is 5.92 Å². The van der Waals surface area contributed by atoms with Gasteiger partial charge in [0.1, 0.15) is 5.76 Å². The SMILES string of the molecule is CC(OC(=O)C1=CCCCC1)=C(C)C(C)C. The molecule has 0 heterocycles. The normalized spacial score (nSPS) is 17.9. The van der Waals surface area contributed by atoms with Crippen molar-refractivity contribution in [3.8, 4) is 0 Å². The minimum atomic E-state index is -0.155. The fraction of sp³-hybridized carbons (Fsp3) is 0.643. The molecule has 0 aromatic heterocycles. The first-order valence-corrected chi connectivity index (χ1v) is 6.11. The fourth-order valence-electron chi connectivity index (χ4n) is 1.72. The van der Waals surface area contributed by atoms with Crippen LogP contribution in [0, 0.1) is 5.92 Å². The zero-order valence-electron chi connectivity index (χ0n) is 10.8. The topological polar surface area (TPSA) is 26.3 Å². The van der Waals surface area contributed by atoms with Crippen molar-refractivity contribution < 1.29 is 9.53 Å². The smallest absolute Gasteiger partial charge is 0.338 e. The van der Waals surface area contributed by atoms with Crippen LogP contribution in [-0.4, -0.2) is 5.97 Å². The molecule has 90 valence electrons. The van der Waals surface area contributed by atoms with E-state index in [1.165, 1.54) is 6.42 Å². The lowest BCUT2D eigenvalue weighted by Gasteiger charge is -2.14. The number of hydrogen-bond acceptors (Lipinski definition) is 2. The molecule has 0 fully saturated rings. The average Bonchev–Trinajstić information content (AvgIpc) is 2.28. The largest absolute Gasteiger partial charge is 0.428 e. The Hall–Kier alpha value is -1.05. The van der Waals surface area contributed by atoms with E-state index in [4.69, 9.17) is 4.74 Å². The molecule has 0 saturated heterocycles. The van der Waals surface area contributed by atoms with Gasteiger partial charge in [0.25, 0.3) is 0 Å². The van der Waals surface area contributed by atoms with Gasteiger partial charge in [-0.05, 0) is 51.0 Å². The minimum absolute atomic E-state index is 0.155. The monoisotopic (exact) mass is 222 g/mol. The van der Waals surface area contributed by atoms with Crippen molar-refractivity contribution in [2.45, 2.75) is 53.4 Å². The van der Waals surface area contributed by atoms with Gasteiger partial charge in [0, 0.05) is 5.57 Å². The van der Waals surface area contributed by atoms with Crippen LogP contribution in [0.4, 0.5) is 0 Å². The predicted molar refractivity (Wildman–Crippen MR) is 65.9 cm³/mol. The lowest BCUT2D eigenvalue weighted by molar-refractivity contribution is -0.135. The molecule has 0 aliphatic heterocycles. The Kier molecular flexibility index (Phi) is 4.78. The molecule has 0 aromatic carbocycles. The molecule has 0 spiro atoms. The number of rotatable bonds is 3. The number of esters is 1. The molecule has 0 bridgehead atoms. The summed E-state index contributed by atoms with van der Waals surface area (Å²) < 4.78 is 5.39. The van der Waals surface area contributed by atoms with Crippen LogP contribution in [0.3, 0.4) is 0 Å². The number of ether oxygens (including phenoxy) is 1. The summed E-state index contributed by atoms with van der Waals surface area (Å²) in [5.74, 6) is 1.02. The number of carbonyl (C=O) groups is 1. The molecule has 0 radical (unpaired) electrons. The van der Waals surface area contributed by atoms with Crippen LogP contribution in [-0.2, 0) is 9.53 Å². The highest BCUT2D eigenvalue weighted by Crippen LogP contribution is 2.21. The number of carbonyl (C=O) groups excluding carboxylic acids is 1. The molecule has 1 aliphatic carbocycles. The van der Waals surface area contributed by atoms with Crippen LogP contribution in [0.25, 0.3) is 0 Å². The van der Waals surface area contributed by atoms with Crippen LogP contribution in [0.5, 0.6) is 0 Å². The lowest BCUT2D eigenvalue weighted by atomic mass is 10.00. The van der Waals surface area contributed by atoms with E-state index in [9.17, 15) is 4.79 Å². The molecule has 0 unspecified atom stereocenters. The van der Waals surface area contributed by atoms with Crippen molar-refractivity contribution >= 4 is 5.97 Å². The maximum absolute atomic E-state index is 11.8. The summed E-state index contributed by atoms with van der Waals surface area (Å²) in [6, 6.07) is 0. The Labute approximate surface area is 98.4 Å². The summed E-state index contributed by atoms with van der Waals surface area (Å²) in [5.41, 5.74) is 1.99. The summed E-state index contributed by atoms with van der Waals surface area (Å²) in [5, 5.41) is 0. The van der Waals surface area contributed by atoms with E-state index in [2.05, 4.69) is 13.8 Å². The van der Waals surface area contributed by atoms with E-state index in [1.54, 1.807) is 0 Å². The lowest BCUT2D eigenvalue weighted by Crippen LogP contribution is -2.10. The summed E-state index contributed by atoms with van der Waals surface area (Å²) in [7, 11) is 0. The molecule has 2 heteroatoms. The molecule has 0 amide bonds. The second-order valence-electron chi connectivity index (χ2n) is 4.76. The minimum Gasteiger partial charge on any atom is -0.428 e. The van der Waals surface area contributed by atoms with Crippen molar-refractivity contribution in [3.05, 3.63) is 23.0 Å². The van der Waals surface area contributed by atoms with Crippen LogP contribution >= 0.6 is 0 Å².